The van der Waals surface area contributed by atoms with Crippen molar-refractivity contribution in [1.82, 2.24) is 4.57 Å². The van der Waals surface area contributed by atoms with Crippen LogP contribution in [-0.4, -0.2) is 4.57 Å². The molecule has 1 aliphatic heterocycles. The van der Waals surface area contributed by atoms with Gasteiger partial charge in [0.1, 0.15) is 6.07 Å². The molecule has 4 aromatic rings. The smallest absolute Gasteiger partial charge is 0.101 e. The number of rotatable bonds is 3. The number of hydrogen-bond donors (Lipinski definition) is 0. The summed E-state index contributed by atoms with van der Waals surface area (Å²) in [5.74, 6) is 0.840. The summed E-state index contributed by atoms with van der Waals surface area (Å²) >= 11 is 4.05. The van der Waals surface area contributed by atoms with Crippen molar-refractivity contribution in [1.29, 1.82) is 15.8 Å². The summed E-state index contributed by atoms with van der Waals surface area (Å²) in [6.07, 6.45) is 25.0. The Balaban J connectivity index is 1.03. The molecule has 0 fully saturated rings. The molecule has 0 bridgehead atoms. The Bertz CT molecular complexity index is 2440. The third-order valence-corrected chi connectivity index (χ3v) is 15.4. The van der Waals surface area contributed by atoms with E-state index in [0.717, 1.165) is 81.0 Å². The minimum atomic E-state index is 0.0681. The van der Waals surface area contributed by atoms with Crippen molar-refractivity contribution < 1.29 is 0 Å². The molecule has 52 heavy (non-hydrogen) atoms. The third kappa shape index (κ3) is 4.98. The van der Waals surface area contributed by atoms with Crippen molar-refractivity contribution in [2.24, 2.45) is 11.8 Å². The molecule has 6 aliphatic rings. The van der Waals surface area contributed by atoms with Gasteiger partial charge in [0.15, 0.2) is 0 Å². The number of aromatic nitrogens is 1. The predicted molar refractivity (Wildman–Crippen MR) is 210 cm³/mol. The van der Waals surface area contributed by atoms with E-state index in [2.05, 4.69) is 83.5 Å². The fourth-order valence-corrected chi connectivity index (χ4v) is 12.8. The molecule has 4 nitrogen and oxygen atoms in total. The van der Waals surface area contributed by atoms with Gasteiger partial charge in [-0.2, -0.15) is 15.8 Å². The number of thioether (sulfide) groups is 1. The van der Waals surface area contributed by atoms with E-state index in [1.165, 1.54) is 71.4 Å². The molecule has 0 saturated heterocycles. The molecule has 3 heterocycles. The SMILES string of the molecule is N#CC1=CCc2c3c(n(-c4c(C#N)cccc4-c4ccc5c(c4)C4C=Cc6c(sc7c6C=C(C6C=CC(C#N)CC6)CC7)C4S5)c2CC1)CCCC3. The quantitative estimate of drug-likeness (QED) is 0.198. The van der Waals surface area contributed by atoms with E-state index in [9.17, 15) is 15.8 Å². The summed E-state index contributed by atoms with van der Waals surface area (Å²) in [5.41, 5.74) is 16.2. The first-order chi connectivity index (χ1) is 25.6. The van der Waals surface area contributed by atoms with E-state index in [4.69, 9.17) is 0 Å². The van der Waals surface area contributed by atoms with Crippen molar-refractivity contribution in [2.75, 3.05) is 0 Å². The standard InChI is InChI=1S/C46H38N4S2/c47-24-27-8-12-29(13-9-27)30-14-20-42-38(22-30)36-17-18-37-39-23-31(15-21-43(39)52-46(37)45(36)51-42)33-6-3-4-32(26-49)44(33)50-40-7-2-1-5-34(40)35-16-10-28(25-48)11-19-41(35)50/h3-4,6,8,10,12,15,17-18,21-23,27,29,37,46H,1-2,5,7,9,11,13-14,16,19-20H2. The molecule has 254 valence electrons. The summed E-state index contributed by atoms with van der Waals surface area (Å²) in [6.45, 7) is 0. The molecule has 0 N–H and O–H groups in total. The van der Waals surface area contributed by atoms with E-state index in [1.807, 2.05) is 35.2 Å². The number of nitriles is 3. The fraction of sp³-hybridized carbons (Fsp3) is 0.326. The minimum absolute atomic E-state index is 0.0681. The maximum atomic E-state index is 10.6. The molecule has 2 aromatic heterocycles. The number of fused-ring (bicyclic) bond motifs is 10. The largest absolute Gasteiger partial charge is 0.315 e. The van der Waals surface area contributed by atoms with Crippen LogP contribution in [0.5, 0.6) is 0 Å². The van der Waals surface area contributed by atoms with Crippen LogP contribution >= 0.6 is 23.1 Å². The van der Waals surface area contributed by atoms with Crippen LogP contribution in [0.4, 0.5) is 0 Å². The van der Waals surface area contributed by atoms with Crippen LogP contribution in [0.25, 0.3) is 29.0 Å². The van der Waals surface area contributed by atoms with Crippen LogP contribution in [0.1, 0.15) is 104 Å². The summed E-state index contributed by atoms with van der Waals surface area (Å²) < 4.78 is 2.46. The molecule has 0 spiro atoms. The molecule has 10 rings (SSSR count). The van der Waals surface area contributed by atoms with Crippen LogP contribution in [0.15, 0.2) is 76.7 Å². The second kappa shape index (κ2) is 12.7. The lowest BCUT2D eigenvalue weighted by molar-refractivity contribution is 0.540. The van der Waals surface area contributed by atoms with Gasteiger partial charge in [-0.3, -0.25) is 0 Å². The Kier molecular flexibility index (Phi) is 7.79. The van der Waals surface area contributed by atoms with Gasteiger partial charge >= 0.3 is 0 Å². The average Bonchev–Trinajstić information content (AvgIpc) is 3.81. The van der Waals surface area contributed by atoms with Crippen LogP contribution in [0.3, 0.4) is 0 Å². The van der Waals surface area contributed by atoms with Gasteiger partial charge in [0, 0.05) is 43.1 Å². The van der Waals surface area contributed by atoms with Crippen molar-refractivity contribution in [3.8, 4) is 35.0 Å². The highest BCUT2D eigenvalue weighted by molar-refractivity contribution is 8.00. The zero-order valence-electron chi connectivity index (χ0n) is 29.1. The van der Waals surface area contributed by atoms with E-state index in [0.29, 0.717) is 22.6 Å². The van der Waals surface area contributed by atoms with E-state index in [1.54, 1.807) is 0 Å². The highest BCUT2D eigenvalue weighted by Gasteiger charge is 2.39. The molecule has 0 amide bonds. The first-order valence-electron chi connectivity index (χ1n) is 18.9. The van der Waals surface area contributed by atoms with Gasteiger partial charge in [0.25, 0.3) is 0 Å². The summed E-state index contributed by atoms with van der Waals surface area (Å²) in [6, 6.07) is 20.7. The molecule has 0 radical (unpaired) electrons. The Labute approximate surface area is 314 Å². The zero-order chi connectivity index (χ0) is 34.9. The van der Waals surface area contributed by atoms with Crippen LogP contribution in [0.2, 0.25) is 0 Å². The van der Waals surface area contributed by atoms with Crippen molar-refractivity contribution >= 4 is 35.3 Å². The number of aryl methyl sites for hydroxylation is 1. The van der Waals surface area contributed by atoms with Gasteiger partial charge in [-0.1, -0.05) is 60.2 Å². The van der Waals surface area contributed by atoms with Gasteiger partial charge in [0.05, 0.1) is 34.6 Å². The lowest BCUT2D eigenvalue weighted by Gasteiger charge is -2.25. The molecular weight excluding hydrogens is 673 g/mol. The number of benzene rings is 2. The predicted octanol–water partition coefficient (Wildman–Crippen LogP) is 11.3. The number of nitrogens with zero attached hydrogens (tertiary/aromatic N) is 4. The Hall–Kier alpha value is -4.80. The lowest BCUT2D eigenvalue weighted by Crippen LogP contribution is -2.12. The number of para-hydroxylation sites is 1. The Morgan fingerprint density at radius 1 is 0.808 bits per heavy atom. The zero-order valence-corrected chi connectivity index (χ0v) is 30.8. The third-order valence-electron chi connectivity index (χ3n) is 12.5. The fourth-order valence-electron chi connectivity index (χ4n) is 9.87. The highest BCUT2D eigenvalue weighted by atomic mass is 32.2. The minimum Gasteiger partial charge on any atom is -0.315 e. The molecule has 4 atom stereocenters. The monoisotopic (exact) mass is 710 g/mol. The molecule has 2 aromatic carbocycles. The number of thiophene rings is 1. The van der Waals surface area contributed by atoms with Gasteiger partial charge in [-0.15, -0.1) is 23.1 Å². The molecule has 5 aliphatic carbocycles. The van der Waals surface area contributed by atoms with Crippen molar-refractivity contribution in [2.45, 2.75) is 86.7 Å². The highest BCUT2D eigenvalue weighted by Crippen LogP contribution is 2.61. The maximum absolute atomic E-state index is 10.6. The normalized spacial score (nSPS) is 23.6. The lowest BCUT2D eigenvalue weighted by atomic mass is 9.79. The van der Waals surface area contributed by atoms with Crippen LogP contribution in [0, 0.1) is 45.8 Å². The van der Waals surface area contributed by atoms with Gasteiger partial charge in [-0.25, -0.2) is 0 Å². The van der Waals surface area contributed by atoms with E-state index in [-0.39, 0.29) is 5.92 Å². The second-order valence-corrected chi connectivity index (χ2v) is 17.5. The second-order valence-electron chi connectivity index (χ2n) is 15.2. The maximum Gasteiger partial charge on any atom is 0.101 e. The summed E-state index contributed by atoms with van der Waals surface area (Å²) in [5, 5.41) is 30.1. The van der Waals surface area contributed by atoms with Crippen molar-refractivity contribution in [3.05, 3.63) is 126 Å². The molecular formula is C46H38N4S2. The van der Waals surface area contributed by atoms with E-state index >= 15 is 0 Å². The van der Waals surface area contributed by atoms with Gasteiger partial charge < -0.3 is 4.57 Å². The Morgan fingerprint density at radius 2 is 1.71 bits per heavy atom. The van der Waals surface area contributed by atoms with Gasteiger partial charge in [0.2, 0.25) is 0 Å². The number of allylic oxidation sites excluding steroid dienone is 6. The Morgan fingerprint density at radius 3 is 2.56 bits per heavy atom. The summed E-state index contributed by atoms with van der Waals surface area (Å²) in [7, 11) is 0. The van der Waals surface area contributed by atoms with Gasteiger partial charge in [-0.05, 0) is 128 Å². The summed E-state index contributed by atoms with van der Waals surface area (Å²) in [4.78, 5) is 4.40. The van der Waals surface area contributed by atoms with Crippen LogP contribution in [-0.2, 0) is 32.1 Å². The molecule has 6 heteroatoms. The number of hydrogen-bond acceptors (Lipinski definition) is 5. The van der Waals surface area contributed by atoms with Crippen molar-refractivity contribution in [3.63, 3.8) is 0 Å². The topological polar surface area (TPSA) is 76.3 Å². The molecule has 4 unspecified atom stereocenters. The van der Waals surface area contributed by atoms with E-state index < -0.39 is 0 Å². The average molecular weight is 711 g/mol. The first kappa shape index (κ1) is 31.9. The molecule has 0 saturated carbocycles. The first-order valence-corrected chi connectivity index (χ1v) is 20.6. The van der Waals surface area contributed by atoms with Crippen LogP contribution < -0.4 is 0 Å².